The molecule has 0 aromatic heterocycles. The zero-order valence-electron chi connectivity index (χ0n) is 44.1. The number of carbonyl (C=O) groups excluding carboxylic acids is 5. The molecule has 16 fully saturated rings. The standard InChI is InChI=1S/C16H22O4.C16H24O2.C15H22O2.C14H20O2.CH4/c1-3-14(17)19-9-15(18)20-16(2)12-5-10-4-11(7-12)8-13(16)6-10;1-4-15(17)18-16(10(2)3)13-6-11-5-12(8-13)9-14(16)7-11;1-3-14(16)17-15(4-2)12-6-10-5-11(8-12)9-13(15)7-10;1-3-13(15)16-14(2)11-5-9-4-10(7-11)8-12(14)6-9;/h3,10-13H,1,4-9H2,2H3;4,10-14H,1,5-9H2,2-3H3;3,10-13H,1,4-9H2,2H3;3,9-12H,1,4-8H2,2H3;1H4. The lowest BCUT2D eigenvalue weighted by molar-refractivity contribution is -0.220. The Hall–Kier alpha value is -3.69. The molecule has 16 saturated carbocycles. The summed E-state index contributed by atoms with van der Waals surface area (Å²) in [5.74, 6) is 10.4. The first kappa shape index (κ1) is 54.6. The van der Waals surface area contributed by atoms with Crippen molar-refractivity contribution in [2.75, 3.05) is 6.61 Å². The van der Waals surface area contributed by atoms with Gasteiger partial charge in [0.2, 0.25) is 0 Å². The predicted octanol–water partition coefficient (Wildman–Crippen LogP) is 12.9. The summed E-state index contributed by atoms with van der Waals surface area (Å²) >= 11 is 0. The van der Waals surface area contributed by atoms with E-state index in [0.717, 1.165) is 59.8 Å². The van der Waals surface area contributed by atoms with Crippen molar-refractivity contribution in [2.24, 2.45) is 101 Å². The van der Waals surface area contributed by atoms with Crippen molar-refractivity contribution in [2.45, 2.75) is 199 Å². The van der Waals surface area contributed by atoms with Gasteiger partial charge in [-0.1, -0.05) is 54.5 Å². The highest BCUT2D eigenvalue weighted by atomic mass is 16.6. The molecule has 0 N–H and O–H groups in total. The summed E-state index contributed by atoms with van der Waals surface area (Å²) < 4.78 is 28.1. The summed E-state index contributed by atoms with van der Waals surface area (Å²) in [4.78, 5) is 57.8. The minimum atomic E-state index is -0.586. The fraction of sp³-hybridized carbons (Fsp3) is 0.790. The number of hydrogen-bond acceptors (Lipinski definition) is 10. The van der Waals surface area contributed by atoms with Gasteiger partial charge in [0.15, 0.2) is 6.61 Å². The largest absolute Gasteiger partial charge is 0.456 e. The van der Waals surface area contributed by atoms with Gasteiger partial charge in [0.1, 0.15) is 22.4 Å². The van der Waals surface area contributed by atoms with Crippen LogP contribution < -0.4 is 0 Å². The number of hydrogen-bond donors (Lipinski definition) is 0. The Morgan fingerprint density at radius 3 is 1.04 bits per heavy atom. The van der Waals surface area contributed by atoms with Crippen molar-refractivity contribution >= 4 is 29.8 Å². The molecule has 0 heterocycles. The maximum absolute atomic E-state index is 11.9. The van der Waals surface area contributed by atoms with E-state index in [-0.39, 0.29) is 54.3 Å². The van der Waals surface area contributed by atoms with Gasteiger partial charge in [-0.15, -0.1) is 0 Å². The lowest BCUT2D eigenvalue weighted by Crippen LogP contribution is -2.62. The van der Waals surface area contributed by atoms with Gasteiger partial charge < -0.3 is 23.7 Å². The molecule has 0 amide bonds. The Bertz CT molecular complexity index is 1950. The van der Waals surface area contributed by atoms with Crippen LogP contribution in [0.1, 0.15) is 177 Å². The minimum Gasteiger partial charge on any atom is -0.456 e. The van der Waals surface area contributed by atoms with Gasteiger partial charge in [0, 0.05) is 24.3 Å². The molecule has 16 aliphatic rings. The van der Waals surface area contributed by atoms with Crippen LogP contribution in [0.15, 0.2) is 50.6 Å². The summed E-state index contributed by atoms with van der Waals surface area (Å²) in [5, 5.41) is 0. The minimum absolute atomic E-state index is 0. The van der Waals surface area contributed by atoms with Crippen molar-refractivity contribution in [1.29, 1.82) is 0 Å². The maximum atomic E-state index is 11.9. The maximum Gasteiger partial charge on any atom is 0.344 e. The molecule has 72 heavy (non-hydrogen) atoms. The molecule has 0 saturated heterocycles. The molecule has 0 atom stereocenters. The van der Waals surface area contributed by atoms with E-state index in [0.29, 0.717) is 53.3 Å². The molecular weight excluding hydrogens is 905 g/mol. The highest BCUT2D eigenvalue weighted by Gasteiger charge is 2.62. The smallest absolute Gasteiger partial charge is 0.344 e. The highest BCUT2D eigenvalue weighted by Crippen LogP contribution is 2.64. The van der Waals surface area contributed by atoms with E-state index in [9.17, 15) is 24.0 Å². The first-order chi connectivity index (χ1) is 33.9. The summed E-state index contributed by atoms with van der Waals surface area (Å²) in [6.07, 6.45) is 31.7. The van der Waals surface area contributed by atoms with Gasteiger partial charge >= 0.3 is 29.8 Å². The highest BCUT2D eigenvalue weighted by molar-refractivity contribution is 5.84. The van der Waals surface area contributed by atoms with Gasteiger partial charge in [-0.25, -0.2) is 24.0 Å². The van der Waals surface area contributed by atoms with Gasteiger partial charge in [-0.2, -0.15) is 0 Å². The first-order valence-corrected chi connectivity index (χ1v) is 28.4. The molecule has 0 spiro atoms. The molecule has 0 unspecified atom stereocenters. The van der Waals surface area contributed by atoms with Crippen LogP contribution in [-0.2, 0) is 47.7 Å². The van der Waals surface area contributed by atoms with E-state index in [1.807, 2.05) is 0 Å². The summed E-state index contributed by atoms with van der Waals surface area (Å²) in [6.45, 7) is 24.4. The molecule has 0 aromatic carbocycles. The van der Waals surface area contributed by atoms with E-state index < -0.39 is 11.9 Å². The van der Waals surface area contributed by atoms with Crippen LogP contribution in [0.5, 0.6) is 0 Å². The third-order valence-corrected chi connectivity index (χ3v) is 22.1. The van der Waals surface area contributed by atoms with Crippen molar-refractivity contribution < 1.29 is 47.7 Å². The Kier molecular flexibility index (Phi) is 16.3. The van der Waals surface area contributed by atoms with Crippen LogP contribution in [0.4, 0.5) is 0 Å². The molecule has 400 valence electrons. The molecular formula is C62H92O10. The number of carbonyl (C=O) groups is 5. The summed E-state index contributed by atoms with van der Waals surface area (Å²) in [6, 6.07) is 0. The molecule has 10 heteroatoms. The Labute approximate surface area is 433 Å². The fourth-order valence-electron chi connectivity index (χ4n) is 19.7. The van der Waals surface area contributed by atoms with E-state index in [2.05, 4.69) is 60.9 Å². The zero-order chi connectivity index (χ0) is 50.6. The summed E-state index contributed by atoms with van der Waals surface area (Å²) in [7, 11) is 0. The van der Waals surface area contributed by atoms with Gasteiger partial charge in [0.05, 0.1) is 0 Å². The summed E-state index contributed by atoms with van der Waals surface area (Å²) in [5.41, 5.74) is -0.902. The Morgan fingerprint density at radius 2 is 0.722 bits per heavy atom. The lowest BCUT2D eigenvalue weighted by Gasteiger charge is -2.61. The normalized spacial score (nSPS) is 44.8. The molecule has 10 nitrogen and oxygen atoms in total. The molecule has 0 aliphatic heterocycles. The van der Waals surface area contributed by atoms with Gasteiger partial charge in [0.25, 0.3) is 0 Å². The lowest BCUT2D eigenvalue weighted by atomic mass is 9.47. The average molecular weight is 997 g/mol. The van der Waals surface area contributed by atoms with Crippen LogP contribution in [0.2, 0.25) is 0 Å². The molecule has 16 bridgehead atoms. The third-order valence-electron chi connectivity index (χ3n) is 22.1. The van der Waals surface area contributed by atoms with Crippen LogP contribution in [-0.4, -0.2) is 58.9 Å². The Balaban J connectivity index is 0.000000128. The van der Waals surface area contributed by atoms with E-state index >= 15 is 0 Å². The molecule has 16 rings (SSSR count). The fourth-order valence-corrected chi connectivity index (χ4v) is 19.7. The SMILES string of the molecule is C.C=CC(=O)OC1(C(C)C)C2CC3CC(C2)CC1C3.C=CC(=O)OC1(C)C2CC3CC(C2)CC1C3.C=CC(=O)OC1(CC)C2CC3CC(C2)CC1C3.C=CC(=O)OCC(=O)OC1(C)C2CC3CC(C2)CC1C3. The van der Waals surface area contributed by atoms with Crippen molar-refractivity contribution in [3.05, 3.63) is 50.6 Å². The quantitative estimate of drug-likeness (QED) is 0.106. The molecule has 0 aromatic rings. The zero-order valence-corrected chi connectivity index (χ0v) is 44.1. The van der Waals surface area contributed by atoms with Crippen LogP contribution >= 0.6 is 0 Å². The second-order valence-electron chi connectivity index (χ2n) is 26.1. The monoisotopic (exact) mass is 997 g/mol. The second kappa shape index (κ2) is 21.5. The predicted molar refractivity (Wildman–Crippen MR) is 278 cm³/mol. The average Bonchev–Trinajstić information content (AvgIpc) is 3.33. The van der Waals surface area contributed by atoms with Crippen LogP contribution in [0.25, 0.3) is 0 Å². The first-order valence-electron chi connectivity index (χ1n) is 28.4. The molecule has 0 radical (unpaired) electrons. The number of ether oxygens (including phenoxy) is 5. The van der Waals surface area contributed by atoms with Crippen molar-refractivity contribution in [1.82, 2.24) is 0 Å². The van der Waals surface area contributed by atoms with Gasteiger partial charge in [-0.05, 0) is 249 Å². The van der Waals surface area contributed by atoms with Gasteiger partial charge in [-0.3, -0.25) is 0 Å². The van der Waals surface area contributed by atoms with E-state index in [1.54, 1.807) is 0 Å². The topological polar surface area (TPSA) is 132 Å². The number of rotatable bonds is 12. The van der Waals surface area contributed by atoms with Crippen LogP contribution in [0, 0.1) is 101 Å². The van der Waals surface area contributed by atoms with E-state index in [4.69, 9.17) is 23.7 Å². The third kappa shape index (κ3) is 10.2. The Morgan fingerprint density at radius 1 is 0.431 bits per heavy atom. The number of esters is 5. The van der Waals surface area contributed by atoms with E-state index in [1.165, 1.54) is 147 Å². The second-order valence-corrected chi connectivity index (χ2v) is 26.1. The van der Waals surface area contributed by atoms with Crippen molar-refractivity contribution in [3.8, 4) is 0 Å². The van der Waals surface area contributed by atoms with Crippen molar-refractivity contribution in [3.63, 3.8) is 0 Å². The van der Waals surface area contributed by atoms with Crippen LogP contribution in [0.3, 0.4) is 0 Å². The molecule has 16 aliphatic carbocycles.